The van der Waals surface area contributed by atoms with Gasteiger partial charge in [-0.25, -0.2) is 9.97 Å². The number of aromatic nitrogens is 2. The number of rotatable bonds is 1. The van der Waals surface area contributed by atoms with Crippen molar-refractivity contribution in [1.29, 1.82) is 0 Å². The molecule has 0 bridgehead atoms. The molecule has 0 amide bonds. The summed E-state index contributed by atoms with van der Waals surface area (Å²) in [5.41, 5.74) is 10.1. The predicted octanol–water partition coefficient (Wildman–Crippen LogP) is 3.29. The predicted molar refractivity (Wildman–Crippen MR) is 85.7 cm³/mol. The van der Waals surface area contributed by atoms with Gasteiger partial charge in [0.25, 0.3) is 0 Å². The first kappa shape index (κ1) is 12.1. The van der Waals surface area contributed by atoms with Crippen LogP contribution in [0.4, 0.5) is 17.2 Å². The summed E-state index contributed by atoms with van der Waals surface area (Å²) < 4.78 is 0. The molecule has 1 unspecified atom stereocenters. The Hall–Kier alpha value is -2.62. The topological polar surface area (TPSA) is 55.0 Å². The van der Waals surface area contributed by atoms with Crippen LogP contribution >= 0.6 is 0 Å². The van der Waals surface area contributed by atoms with Crippen LogP contribution in [0.15, 0.2) is 48.8 Å². The number of anilines is 3. The van der Waals surface area contributed by atoms with Crippen molar-refractivity contribution in [2.24, 2.45) is 0 Å². The molecule has 21 heavy (non-hydrogen) atoms. The van der Waals surface area contributed by atoms with E-state index in [0.717, 1.165) is 28.8 Å². The van der Waals surface area contributed by atoms with Crippen molar-refractivity contribution >= 4 is 28.1 Å². The fraction of sp³-hybridized carbons (Fsp3) is 0.176. The Kier molecular flexibility index (Phi) is 2.57. The van der Waals surface area contributed by atoms with E-state index in [9.17, 15) is 0 Å². The first-order valence-corrected chi connectivity index (χ1v) is 7.11. The zero-order chi connectivity index (χ0) is 14.4. The van der Waals surface area contributed by atoms with Crippen LogP contribution in [-0.4, -0.2) is 16.0 Å². The summed E-state index contributed by atoms with van der Waals surface area (Å²) in [6, 6.07) is 14.7. The van der Waals surface area contributed by atoms with Crippen LogP contribution in [0.25, 0.3) is 10.9 Å². The SMILES string of the molecule is CC1Cc2ccccc2N1c1ncnc2cc(N)ccc12. The summed E-state index contributed by atoms with van der Waals surface area (Å²) in [5, 5.41) is 1.04. The van der Waals surface area contributed by atoms with E-state index in [-0.39, 0.29) is 0 Å². The second-order valence-electron chi connectivity index (χ2n) is 5.53. The van der Waals surface area contributed by atoms with E-state index in [4.69, 9.17) is 5.73 Å². The number of nitrogen functional groups attached to an aromatic ring is 1. The van der Waals surface area contributed by atoms with Gasteiger partial charge in [-0.15, -0.1) is 0 Å². The second-order valence-corrected chi connectivity index (χ2v) is 5.53. The van der Waals surface area contributed by atoms with Gasteiger partial charge >= 0.3 is 0 Å². The summed E-state index contributed by atoms with van der Waals surface area (Å²) in [4.78, 5) is 11.2. The van der Waals surface area contributed by atoms with Gasteiger partial charge in [-0.05, 0) is 43.2 Å². The molecule has 0 aliphatic carbocycles. The lowest BCUT2D eigenvalue weighted by Crippen LogP contribution is -2.25. The van der Waals surface area contributed by atoms with Crippen molar-refractivity contribution in [1.82, 2.24) is 9.97 Å². The van der Waals surface area contributed by atoms with Gasteiger partial charge in [0.2, 0.25) is 0 Å². The highest BCUT2D eigenvalue weighted by atomic mass is 15.2. The first-order valence-electron chi connectivity index (χ1n) is 7.11. The molecule has 4 rings (SSSR count). The van der Waals surface area contributed by atoms with Crippen LogP contribution < -0.4 is 10.6 Å². The van der Waals surface area contributed by atoms with Crippen LogP contribution in [0.1, 0.15) is 12.5 Å². The zero-order valence-electron chi connectivity index (χ0n) is 11.8. The van der Waals surface area contributed by atoms with Crippen molar-refractivity contribution in [3.05, 3.63) is 54.4 Å². The molecule has 1 aromatic heterocycles. The number of hydrogen-bond acceptors (Lipinski definition) is 4. The highest BCUT2D eigenvalue weighted by Crippen LogP contribution is 2.39. The number of nitrogens with two attached hydrogens (primary N) is 1. The third-order valence-electron chi connectivity index (χ3n) is 4.07. The molecule has 0 fully saturated rings. The van der Waals surface area contributed by atoms with Crippen LogP contribution in [0, 0.1) is 0 Å². The average molecular weight is 276 g/mol. The number of fused-ring (bicyclic) bond motifs is 2. The maximum Gasteiger partial charge on any atom is 0.144 e. The van der Waals surface area contributed by atoms with E-state index in [1.165, 1.54) is 11.3 Å². The van der Waals surface area contributed by atoms with E-state index in [0.29, 0.717) is 6.04 Å². The molecule has 0 saturated heterocycles. The van der Waals surface area contributed by atoms with Gasteiger partial charge in [0, 0.05) is 22.8 Å². The van der Waals surface area contributed by atoms with Gasteiger partial charge in [-0.3, -0.25) is 0 Å². The average Bonchev–Trinajstić information content (AvgIpc) is 2.82. The largest absolute Gasteiger partial charge is 0.399 e. The molecular formula is C17H16N4. The molecule has 1 aliphatic rings. The minimum Gasteiger partial charge on any atom is -0.399 e. The van der Waals surface area contributed by atoms with Crippen LogP contribution in [0.5, 0.6) is 0 Å². The number of para-hydroxylation sites is 1. The van der Waals surface area contributed by atoms with Crippen molar-refractivity contribution in [3.63, 3.8) is 0 Å². The van der Waals surface area contributed by atoms with Gasteiger partial charge in [-0.1, -0.05) is 18.2 Å². The highest BCUT2D eigenvalue weighted by molar-refractivity contribution is 5.94. The molecule has 3 aromatic rings. The van der Waals surface area contributed by atoms with E-state index in [1.807, 2.05) is 18.2 Å². The zero-order valence-corrected chi connectivity index (χ0v) is 11.8. The summed E-state index contributed by atoms with van der Waals surface area (Å²) >= 11 is 0. The lowest BCUT2D eigenvalue weighted by atomic mass is 10.1. The number of benzene rings is 2. The molecule has 4 nitrogen and oxygen atoms in total. The van der Waals surface area contributed by atoms with Crippen molar-refractivity contribution < 1.29 is 0 Å². The van der Waals surface area contributed by atoms with E-state index < -0.39 is 0 Å². The smallest absolute Gasteiger partial charge is 0.144 e. The monoisotopic (exact) mass is 276 g/mol. The summed E-state index contributed by atoms with van der Waals surface area (Å²) in [5.74, 6) is 0.956. The van der Waals surface area contributed by atoms with E-state index in [2.05, 4.69) is 46.1 Å². The lowest BCUT2D eigenvalue weighted by Gasteiger charge is -2.24. The molecule has 2 aromatic carbocycles. The fourth-order valence-corrected chi connectivity index (χ4v) is 3.14. The molecule has 2 heterocycles. The van der Waals surface area contributed by atoms with E-state index >= 15 is 0 Å². The Morgan fingerprint density at radius 3 is 2.90 bits per heavy atom. The second kappa shape index (κ2) is 4.45. The highest BCUT2D eigenvalue weighted by Gasteiger charge is 2.28. The molecule has 0 radical (unpaired) electrons. The van der Waals surface area contributed by atoms with Gasteiger partial charge in [0.15, 0.2) is 0 Å². The van der Waals surface area contributed by atoms with Crippen LogP contribution in [0.2, 0.25) is 0 Å². The molecule has 1 atom stereocenters. The van der Waals surface area contributed by atoms with Crippen molar-refractivity contribution in [2.45, 2.75) is 19.4 Å². The van der Waals surface area contributed by atoms with Gasteiger partial charge in [-0.2, -0.15) is 0 Å². The maximum atomic E-state index is 5.86. The summed E-state index contributed by atoms with van der Waals surface area (Å²) in [6.07, 6.45) is 2.65. The number of hydrogen-bond donors (Lipinski definition) is 1. The normalized spacial score (nSPS) is 17.2. The first-order chi connectivity index (χ1) is 10.2. The van der Waals surface area contributed by atoms with Crippen molar-refractivity contribution in [3.8, 4) is 0 Å². The van der Waals surface area contributed by atoms with E-state index in [1.54, 1.807) is 6.33 Å². The van der Waals surface area contributed by atoms with Crippen LogP contribution in [0.3, 0.4) is 0 Å². The third kappa shape index (κ3) is 1.83. The van der Waals surface area contributed by atoms with Gasteiger partial charge in [0.05, 0.1) is 5.52 Å². The Balaban J connectivity index is 1.95. The van der Waals surface area contributed by atoms with Gasteiger partial charge < -0.3 is 10.6 Å². The Morgan fingerprint density at radius 2 is 2.00 bits per heavy atom. The minimum atomic E-state index is 0.387. The minimum absolute atomic E-state index is 0.387. The van der Waals surface area contributed by atoms with Gasteiger partial charge in [0.1, 0.15) is 12.1 Å². The fourth-order valence-electron chi connectivity index (χ4n) is 3.14. The Morgan fingerprint density at radius 1 is 1.14 bits per heavy atom. The maximum absolute atomic E-state index is 5.86. The third-order valence-corrected chi connectivity index (χ3v) is 4.07. The lowest BCUT2D eigenvalue weighted by molar-refractivity contribution is 0.752. The quantitative estimate of drug-likeness (QED) is 0.693. The molecular weight excluding hydrogens is 260 g/mol. The summed E-state index contributed by atoms with van der Waals surface area (Å²) in [6.45, 7) is 2.23. The summed E-state index contributed by atoms with van der Waals surface area (Å²) in [7, 11) is 0. The number of nitrogens with zero attached hydrogens (tertiary/aromatic N) is 3. The Bertz CT molecular complexity index is 828. The molecule has 0 saturated carbocycles. The molecule has 1 aliphatic heterocycles. The molecule has 0 spiro atoms. The van der Waals surface area contributed by atoms with Crippen molar-refractivity contribution in [2.75, 3.05) is 10.6 Å². The Labute approximate surface area is 123 Å². The molecule has 2 N–H and O–H groups in total. The molecule has 4 heteroatoms. The standard InChI is InChI=1S/C17H16N4/c1-11-8-12-4-2-3-5-16(12)21(11)17-14-7-6-13(18)9-15(14)19-10-20-17/h2-7,9-11H,8,18H2,1H3. The molecule has 104 valence electrons. The van der Waals surface area contributed by atoms with Crippen LogP contribution in [-0.2, 0) is 6.42 Å².